The Morgan fingerprint density at radius 2 is 2.11 bits per heavy atom. The number of aromatic nitrogens is 2. The number of hydrogen-bond donors (Lipinski definition) is 1. The van der Waals surface area contributed by atoms with Gasteiger partial charge in [0.2, 0.25) is 0 Å². The molecule has 0 aliphatic carbocycles. The van der Waals surface area contributed by atoms with Crippen molar-refractivity contribution >= 4 is 22.4 Å². The molecule has 0 bridgehead atoms. The molecule has 108 valence electrons. The fourth-order valence-corrected chi connectivity index (χ4v) is 4.44. The summed E-state index contributed by atoms with van der Waals surface area (Å²) < 4.78 is 28.5. The molecule has 1 fully saturated rings. The lowest BCUT2D eigenvalue weighted by Gasteiger charge is -2.29. The minimum atomic E-state index is -3.42. The van der Waals surface area contributed by atoms with Crippen molar-refractivity contribution in [1.82, 2.24) is 13.9 Å². The fraction of sp³-hybridized carbons (Fsp3) is 0.727. The molecule has 0 saturated carbocycles. The van der Waals surface area contributed by atoms with Crippen LogP contribution in [-0.2, 0) is 23.0 Å². The van der Waals surface area contributed by atoms with E-state index >= 15 is 0 Å². The van der Waals surface area contributed by atoms with Crippen LogP contribution in [0.5, 0.6) is 0 Å². The molecule has 0 spiro atoms. The summed E-state index contributed by atoms with van der Waals surface area (Å²) in [6.45, 7) is 1.74. The molecular formula is C11H19ClN4O2S. The molecule has 2 aliphatic rings. The van der Waals surface area contributed by atoms with Crippen LogP contribution in [0.1, 0.15) is 25.1 Å². The van der Waals surface area contributed by atoms with Gasteiger partial charge in [0.05, 0.1) is 6.20 Å². The Labute approximate surface area is 119 Å². The molecule has 3 heterocycles. The summed E-state index contributed by atoms with van der Waals surface area (Å²) in [6, 6.07) is -0.0468. The maximum absolute atomic E-state index is 12.6. The van der Waals surface area contributed by atoms with Gasteiger partial charge in [0.1, 0.15) is 5.82 Å². The van der Waals surface area contributed by atoms with Gasteiger partial charge >= 0.3 is 0 Å². The molecule has 0 radical (unpaired) electrons. The van der Waals surface area contributed by atoms with Crippen molar-refractivity contribution in [3.05, 3.63) is 12.0 Å². The Kier molecular flexibility index (Phi) is 4.20. The van der Waals surface area contributed by atoms with Crippen LogP contribution < -0.4 is 5.73 Å². The topological polar surface area (TPSA) is 81.2 Å². The summed E-state index contributed by atoms with van der Waals surface area (Å²) in [5.41, 5.74) is 5.86. The van der Waals surface area contributed by atoms with E-state index in [2.05, 4.69) is 4.98 Å². The molecule has 8 heteroatoms. The zero-order valence-electron chi connectivity index (χ0n) is 10.7. The Bertz CT molecular complexity index is 557. The van der Waals surface area contributed by atoms with Crippen LogP contribution >= 0.6 is 12.4 Å². The third kappa shape index (κ3) is 2.52. The van der Waals surface area contributed by atoms with Crippen LogP contribution in [0.3, 0.4) is 0 Å². The number of nitrogens with two attached hydrogens (primary N) is 1. The van der Waals surface area contributed by atoms with Crippen LogP contribution in [0.4, 0.5) is 0 Å². The van der Waals surface area contributed by atoms with Gasteiger partial charge in [-0.15, -0.1) is 12.4 Å². The lowest BCUT2D eigenvalue weighted by molar-refractivity contribution is 0.314. The first-order chi connectivity index (χ1) is 8.59. The second-order valence-electron chi connectivity index (χ2n) is 5.03. The van der Waals surface area contributed by atoms with E-state index in [4.69, 9.17) is 5.73 Å². The smallest absolute Gasteiger partial charge is 0.260 e. The molecule has 0 amide bonds. The van der Waals surface area contributed by atoms with Gasteiger partial charge in [0.25, 0.3) is 10.0 Å². The summed E-state index contributed by atoms with van der Waals surface area (Å²) in [7, 11) is -3.42. The molecular weight excluding hydrogens is 288 g/mol. The van der Waals surface area contributed by atoms with E-state index in [0.29, 0.717) is 18.1 Å². The molecule has 2 N–H and O–H groups in total. The lowest BCUT2D eigenvalue weighted by atomic mass is 10.1. The van der Waals surface area contributed by atoms with Gasteiger partial charge in [-0.1, -0.05) is 0 Å². The molecule has 1 unspecified atom stereocenters. The Hall–Kier alpha value is -0.630. The van der Waals surface area contributed by atoms with Crippen molar-refractivity contribution in [2.45, 2.75) is 43.3 Å². The number of halogens is 1. The average Bonchev–Trinajstić information content (AvgIpc) is 2.90. The number of nitrogens with zero attached hydrogens (tertiary/aromatic N) is 3. The highest BCUT2D eigenvalue weighted by Gasteiger charge is 2.33. The maximum Gasteiger partial charge on any atom is 0.260 e. The molecule has 2 aliphatic heterocycles. The van der Waals surface area contributed by atoms with E-state index in [1.165, 1.54) is 10.5 Å². The molecule has 1 saturated heterocycles. The van der Waals surface area contributed by atoms with Crippen molar-refractivity contribution < 1.29 is 8.42 Å². The fourth-order valence-electron chi connectivity index (χ4n) is 2.76. The van der Waals surface area contributed by atoms with E-state index in [9.17, 15) is 8.42 Å². The number of rotatable bonds is 2. The van der Waals surface area contributed by atoms with E-state index in [1.54, 1.807) is 0 Å². The molecule has 1 aromatic heterocycles. The molecule has 1 atom stereocenters. The summed E-state index contributed by atoms with van der Waals surface area (Å²) in [5, 5.41) is 0.337. The van der Waals surface area contributed by atoms with Gasteiger partial charge in [-0.3, -0.25) is 0 Å². The second kappa shape index (κ2) is 5.40. The van der Waals surface area contributed by atoms with Crippen LogP contribution in [0.25, 0.3) is 0 Å². The van der Waals surface area contributed by atoms with Crippen molar-refractivity contribution in [3.63, 3.8) is 0 Å². The monoisotopic (exact) mass is 306 g/mol. The summed E-state index contributed by atoms with van der Waals surface area (Å²) in [6.07, 6.45) is 5.07. The SMILES string of the molecule is Cl.NC1CCCN(S(=O)(=O)c2cnc3n2CCC3)C1. The maximum atomic E-state index is 12.6. The van der Waals surface area contributed by atoms with Crippen molar-refractivity contribution in [3.8, 4) is 0 Å². The van der Waals surface area contributed by atoms with Crippen molar-refractivity contribution in [1.29, 1.82) is 0 Å². The van der Waals surface area contributed by atoms with Gasteiger partial charge in [0.15, 0.2) is 5.03 Å². The number of hydrogen-bond acceptors (Lipinski definition) is 4. The highest BCUT2D eigenvalue weighted by Crippen LogP contribution is 2.24. The van der Waals surface area contributed by atoms with Crippen LogP contribution in [0, 0.1) is 0 Å². The first-order valence-corrected chi connectivity index (χ1v) is 7.83. The highest BCUT2D eigenvalue weighted by molar-refractivity contribution is 7.89. The van der Waals surface area contributed by atoms with E-state index < -0.39 is 10.0 Å². The Morgan fingerprint density at radius 3 is 2.84 bits per heavy atom. The number of piperidine rings is 1. The minimum absolute atomic E-state index is 0. The number of imidazole rings is 1. The first kappa shape index (κ1) is 14.8. The van der Waals surface area contributed by atoms with Crippen LogP contribution in [0.2, 0.25) is 0 Å². The Morgan fingerprint density at radius 1 is 1.32 bits per heavy atom. The number of sulfonamides is 1. The minimum Gasteiger partial charge on any atom is -0.327 e. The molecule has 0 aromatic carbocycles. The standard InChI is InChI=1S/C11H18N4O2S.ClH/c12-9-3-1-5-14(8-9)18(16,17)11-7-13-10-4-2-6-15(10)11;/h7,9H,1-6,8,12H2;1H. The summed E-state index contributed by atoms with van der Waals surface area (Å²) in [5.74, 6) is 0.884. The normalized spacial score (nSPS) is 23.9. The highest BCUT2D eigenvalue weighted by atomic mass is 35.5. The van der Waals surface area contributed by atoms with E-state index in [0.717, 1.165) is 38.1 Å². The van der Waals surface area contributed by atoms with Gasteiger partial charge in [0, 0.05) is 32.1 Å². The second-order valence-corrected chi connectivity index (χ2v) is 6.92. The number of fused-ring (bicyclic) bond motifs is 1. The van der Waals surface area contributed by atoms with Gasteiger partial charge in [-0.05, 0) is 19.3 Å². The predicted octanol–water partition coefficient (Wildman–Crippen LogP) is 0.363. The van der Waals surface area contributed by atoms with Gasteiger partial charge < -0.3 is 10.3 Å². The molecule has 3 rings (SSSR count). The summed E-state index contributed by atoms with van der Waals surface area (Å²) in [4.78, 5) is 4.20. The summed E-state index contributed by atoms with van der Waals surface area (Å²) >= 11 is 0. The first-order valence-electron chi connectivity index (χ1n) is 6.39. The average molecular weight is 307 g/mol. The zero-order valence-corrected chi connectivity index (χ0v) is 12.3. The van der Waals surface area contributed by atoms with E-state index in [1.807, 2.05) is 4.57 Å². The molecule has 6 nitrogen and oxygen atoms in total. The van der Waals surface area contributed by atoms with Crippen molar-refractivity contribution in [2.24, 2.45) is 5.73 Å². The lowest BCUT2D eigenvalue weighted by Crippen LogP contribution is -2.46. The molecule has 19 heavy (non-hydrogen) atoms. The largest absolute Gasteiger partial charge is 0.327 e. The third-order valence-electron chi connectivity index (χ3n) is 3.71. The van der Waals surface area contributed by atoms with Gasteiger partial charge in [-0.25, -0.2) is 13.4 Å². The molecule has 1 aromatic rings. The predicted molar refractivity (Wildman–Crippen MR) is 73.8 cm³/mol. The third-order valence-corrected chi connectivity index (χ3v) is 5.57. The number of aryl methyl sites for hydroxylation is 1. The Balaban J connectivity index is 0.00000133. The van der Waals surface area contributed by atoms with Crippen LogP contribution in [-0.4, -0.2) is 41.4 Å². The van der Waals surface area contributed by atoms with Gasteiger partial charge in [-0.2, -0.15) is 4.31 Å². The van der Waals surface area contributed by atoms with E-state index in [-0.39, 0.29) is 18.4 Å². The van der Waals surface area contributed by atoms with Crippen molar-refractivity contribution in [2.75, 3.05) is 13.1 Å². The van der Waals surface area contributed by atoms with Crippen LogP contribution in [0.15, 0.2) is 11.2 Å². The quantitative estimate of drug-likeness (QED) is 0.855. The zero-order chi connectivity index (χ0) is 12.8.